The number of carbonyl (C=O) groups excluding carboxylic acids is 2. The third-order valence-electron chi connectivity index (χ3n) is 4.10. The van der Waals surface area contributed by atoms with Crippen LogP contribution in [0.1, 0.15) is 34.1 Å². The van der Waals surface area contributed by atoms with E-state index < -0.39 is 23.6 Å². The van der Waals surface area contributed by atoms with Crippen LogP contribution < -0.4 is 5.32 Å². The summed E-state index contributed by atoms with van der Waals surface area (Å²) in [6.07, 6.45) is 2.71. The van der Waals surface area contributed by atoms with E-state index in [2.05, 4.69) is 15.3 Å². The van der Waals surface area contributed by atoms with E-state index in [1.54, 1.807) is 18.3 Å². The van der Waals surface area contributed by atoms with Crippen LogP contribution in [0.3, 0.4) is 0 Å². The van der Waals surface area contributed by atoms with E-state index >= 15 is 0 Å². The normalized spacial score (nSPS) is 11.6. The van der Waals surface area contributed by atoms with Crippen molar-refractivity contribution in [2.24, 2.45) is 0 Å². The zero-order valence-electron chi connectivity index (χ0n) is 14.6. The standard InChI is InChI=1S/C20H16FN3O4/c21-14-5-1-12(2-6-14)16(20(27)28)11-17(25)24-15-7-3-13(4-8-15)18(26)19-22-9-10-23-19/h1-10,16H,11H2,(H,22,23)(H,24,25)(H,27,28). The minimum absolute atomic E-state index is 0.209. The number of halogens is 1. The molecular weight excluding hydrogens is 365 g/mol. The molecule has 2 aromatic carbocycles. The van der Waals surface area contributed by atoms with Crippen LogP contribution in [-0.2, 0) is 9.59 Å². The second-order valence-electron chi connectivity index (χ2n) is 6.04. The predicted molar refractivity (Wildman–Crippen MR) is 98.5 cm³/mol. The van der Waals surface area contributed by atoms with Crippen molar-refractivity contribution in [1.82, 2.24) is 9.97 Å². The molecule has 8 heteroatoms. The Bertz CT molecular complexity index is 983. The number of anilines is 1. The highest BCUT2D eigenvalue weighted by Crippen LogP contribution is 2.22. The topological polar surface area (TPSA) is 112 Å². The molecule has 0 spiro atoms. The molecule has 0 aliphatic heterocycles. The number of aromatic nitrogens is 2. The molecule has 0 aliphatic carbocycles. The first-order valence-electron chi connectivity index (χ1n) is 8.36. The SMILES string of the molecule is O=C(CC(C(=O)O)c1ccc(F)cc1)Nc1ccc(C(=O)c2ncc[nH]2)cc1. The summed E-state index contributed by atoms with van der Waals surface area (Å²) < 4.78 is 13.0. The van der Waals surface area contributed by atoms with Gasteiger partial charge < -0.3 is 15.4 Å². The molecule has 1 atom stereocenters. The number of amides is 1. The molecule has 0 bridgehead atoms. The average molecular weight is 381 g/mol. The van der Waals surface area contributed by atoms with Crippen molar-refractivity contribution in [3.63, 3.8) is 0 Å². The molecule has 7 nitrogen and oxygen atoms in total. The molecule has 0 aliphatic rings. The summed E-state index contributed by atoms with van der Waals surface area (Å²) in [6, 6.07) is 11.1. The number of H-pyrrole nitrogens is 1. The Hall–Kier alpha value is -3.81. The van der Waals surface area contributed by atoms with Crippen molar-refractivity contribution >= 4 is 23.3 Å². The molecule has 0 saturated heterocycles. The zero-order chi connectivity index (χ0) is 20.1. The summed E-state index contributed by atoms with van der Waals surface area (Å²) in [5, 5.41) is 12.0. The minimum Gasteiger partial charge on any atom is -0.481 e. The highest BCUT2D eigenvalue weighted by molar-refractivity contribution is 6.06. The third-order valence-corrected chi connectivity index (χ3v) is 4.10. The predicted octanol–water partition coefficient (Wildman–Crippen LogP) is 2.98. The largest absolute Gasteiger partial charge is 0.481 e. The van der Waals surface area contributed by atoms with Gasteiger partial charge in [0.1, 0.15) is 5.82 Å². The van der Waals surface area contributed by atoms with E-state index in [0.29, 0.717) is 16.8 Å². The highest BCUT2D eigenvalue weighted by atomic mass is 19.1. The maximum Gasteiger partial charge on any atom is 0.311 e. The van der Waals surface area contributed by atoms with Crippen molar-refractivity contribution < 1.29 is 23.9 Å². The second kappa shape index (κ2) is 8.26. The first-order valence-corrected chi connectivity index (χ1v) is 8.36. The van der Waals surface area contributed by atoms with Crippen LogP contribution in [0.4, 0.5) is 10.1 Å². The summed E-state index contributed by atoms with van der Waals surface area (Å²) in [5.74, 6) is -3.35. The zero-order valence-corrected chi connectivity index (χ0v) is 14.6. The molecular formula is C20H16FN3O4. The molecule has 142 valence electrons. The maximum absolute atomic E-state index is 13.0. The minimum atomic E-state index is -1.18. The van der Waals surface area contributed by atoms with Crippen LogP contribution in [0.25, 0.3) is 0 Å². The summed E-state index contributed by atoms with van der Waals surface area (Å²) in [6.45, 7) is 0. The number of carbonyl (C=O) groups is 3. The van der Waals surface area contributed by atoms with Crippen LogP contribution in [0.5, 0.6) is 0 Å². The molecule has 1 heterocycles. The lowest BCUT2D eigenvalue weighted by Gasteiger charge is -2.13. The van der Waals surface area contributed by atoms with Gasteiger partial charge in [-0.05, 0) is 42.0 Å². The van der Waals surface area contributed by atoms with Gasteiger partial charge in [0, 0.05) is 30.1 Å². The number of nitrogens with zero attached hydrogens (tertiary/aromatic N) is 1. The van der Waals surface area contributed by atoms with Gasteiger partial charge in [0.15, 0.2) is 5.82 Å². The third kappa shape index (κ3) is 4.47. The molecule has 0 radical (unpaired) electrons. The van der Waals surface area contributed by atoms with Gasteiger partial charge in [0.05, 0.1) is 5.92 Å². The lowest BCUT2D eigenvalue weighted by molar-refractivity contribution is -0.140. The Morgan fingerprint density at radius 3 is 2.32 bits per heavy atom. The Kier molecular flexibility index (Phi) is 5.59. The number of hydrogen-bond acceptors (Lipinski definition) is 4. The molecule has 3 rings (SSSR count). The van der Waals surface area contributed by atoms with Crippen LogP contribution in [0, 0.1) is 5.82 Å². The van der Waals surface area contributed by atoms with Gasteiger partial charge in [-0.1, -0.05) is 12.1 Å². The van der Waals surface area contributed by atoms with Crippen molar-refractivity contribution in [3.05, 3.63) is 83.7 Å². The average Bonchev–Trinajstić information content (AvgIpc) is 3.21. The number of imidazole rings is 1. The van der Waals surface area contributed by atoms with Crippen LogP contribution in [-0.4, -0.2) is 32.7 Å². The second-order valence-corrected chi connectivity index (χ2v) is 6.04. The number of aliphatic carboxylic acids is 1. The van der Waals surface area contributed by atoms with Crippen molar-refractivity contribution in [3.8, 4) is 0 Å². The Balaban J connectivity index is 1.65. The number of ketones is 1. The smallest absolute Gasteiger partial charge is 0.311 e. The summed E-state index contributed by atoms with van der Waals surface area (Å²) in [7, 11) is 0. The van der Waals surface area contributed by atoms with Crippen molar-refractivity contribution in [2.45, 2.75) is 12.3 Å². The van der Waals surface area contributed by atoms with E-state index in [1.165, 1.54) is 30.5 Å². The Labute approximate surface area is 159 Å². The van der Waals surface area contributed by atoms with Gasteiger partial charge in [-0.25, -0.2) is 9.37 Å². The summed E-state index contributed by atoms with van der Waals surface area (Å²) >= 11 is 0. The van der Waals surface area contributed by atoms with E-state index in [9.17, 15) is 23.9 Å². The Morgan fingerprint density at radius 2 is 1.75 bits per heavy atom. The monoisotopic (exact) mass is 381 g/mol. The molecule has 0 saturated carbocycles. The number of carboxylic acids is 1. The molecule has 3 aromatic rings. The highest BCUT2D eigenvalue weighted by Gasteiger charge is 2.23. The number of hydrogen-bond donors (Lipinski definition) is 3. The number of rotatable bonds is 7. The van der Waals surface area contributed by atoms with E-state index in [0.717, 1.165) is 12.1 Å². The number of nitrogens with one attached hydrogen (secondary N) is 2. The quantitative estimate of drug-likeness (QED) is 0.545. The van der Waals surface area contributed by atoms with Crippen molar-refractivity contribution in [1.29, 1.82) is 0 Å². The number of aromatic amines is 1. The van der Waals surface area contributed by atoms with E-state index in [1.807, 2.05) is 0 Å². The number of carboxylic acid groups (broad SMARTS) is 1. The van der Waals surface area contributed by atoms with Gasteiger partial charge in [-0.15, -0.1) is 0 Å². The van der Waals surface area contributed by atoms with Gasteiger partial charge in [0.2, 0.25) is 11.7 Å². The van der Waals surface area contributed by atoms with Gasteiger partial charge in [-0.2, -0.15) is 0 Å². The molecule has 28 heavy (non-hydrogen) atoms. The summed E-state index contributed by atoms with van der Waals surface area (Å²) in [4.78, 5) is 42.5. The molecule has 0 fully saturated rings. The molecule has 3 N–H and O–H groups in total. The van der Waals surface area contributed by atoms with Gasteiger partial charge in [0.25, 0.3) is 0 Å². The summed E-state index contributed by atoms with van der Waals surface area (Å²) in [5.41, 5.74) is 1.15. The van der Waals surface area contributed by atoms with Gasteiger partial charge in [-0.3, -0.25) is 14.4 Å². The van der Waals surface area contributed by atoms with Crippen LogP contribution in [0.15, 0.2) is 60.9 Å². The van der Waals surface area contributed by atoms with E-state index in [4.69, 9.17) is 0 Å². The molecule has 1 amide bonds. The Morgan fingerprint density at radius 1 is 1.07 bits per heavy atom. The first-order chi connectivity index (χ1) is 13.4. The van der Waals surface area contributed by atoms with E-state index in [-0.39, 0.29) is 18.0 Å². The van der Waals surface area contributed by atoms with Crippen molar-refractivity contribution in [2.75, 3.05) is 5.32 Å². The van der Waals surface area contributed by atoms with Gasteiger partial charge >= 0.3 is 5.97 Å². The first kappa shape index (κ1) is 19.0. The lowest BCUT2D eigenvalue weighted by Crippen LogP contribution is -2.21. The molecule has 1 aromatic heterocycles. The number of benzene rings is 2. The van der Waals surface area contributed by atoms with Crippen LogP contribution >= 0.6 is 0 Å². The fourth-order valence-corrected chi connectivity index (χ4v) is 2.67. The maximum atomic E-state index is 13.0. The lowest BCUT2D eigenvalue weighted by atomic mass is 9.95. The van der Waals surface area contributed by atoms with Crippen LogP contribution in [0.2, 0.25) is 0 Å². The fraction of sp³-hybridized carbons (Fsp3) is 0.100. The fourth-order valence-electron chi connectivity index (χ4n) is 2.67. The molecule has 1 unspecified atom stereocenters.